The number of anilines is 1. The third-order valence-corrected chi connectivity index (χ3v) is 3.54. The predicted octanol–water partition coefficient (Wildman–Crippen LogP) is 1.53. The normalized spacial score (nSPS) is 21.6. The SMILES string of the molecule is CC1CCC(CNC(=O)Nc2cnn(CC(=O)O)c2)C1. The van der Waals surface area contributed by atoms with Crippen molar-refractivity contribution in [2.75, 3.05) is 11.9 Å². The monoisotopic (exact) mass is 280 g/mol. The molecular formula is C13H20N4O3. The van der Waals surface area contributed by atoms with Gasteiger partial charge in [-0.15, -0.1) is 0 Å². The Balaban J connectivity index is 1.73. The van der Waals surface area contributed by atoms with E-state index in [1.807, 2.05) is 0 Å². The maximum absolute atomic E-state index is 11.7. The van der Waals surface area contributed by atoms with E-state index in [0.29, 0.717) is 18.2 Å². The largest absolute Gasteiger partial charge is 0.480 e. The van der Waals surface area contributed by atoms with Crippen molar-refractivity contribution in [2.24, 2.45) is 11.8 Å². The third kappa shape index (κ3) is 4.25. The first-order chi connectivity index (χ1) is 9.52. The highest BCUT2D eigenvalue weighted by Crippen LogP contribution is 2.29. The van der Waals surface area contributed by atoms with Crippen molar-refractivity contribution in [1.82, 2.24) is 15.1 Å². The summed E-state index contributed by atoms with van der Waals surface area (Å²) in [6, 6.07) is -0.278. The van der Waals surface area contributed by atoms with Crippen molar-refractivity contribution >= 4 is 17.7 Å². The van der Waals surface area contributed by atoms with E-state index in [9.17, 15) is 9.59 Å². The zero-order chi connectivity index (χ0) is 14.5. The fourth-order valence-electron chi connectivity index (χ4n) is 2.58. The standard InChI is InChI=1S/C13H20N4O3/c1-9-2-3-10(4-9)5-14-13(20)16-11-6-15-17(7-11)8-12(18)19/h6-7,9-10H,2-5,8H2,1H3,(H,18,19)(H2,14,16,20). The molecule has 0 aromatic carbocycles. The number of aliphatic carboxylic acids is 1. The molecule has 110 valence electrons. The first-order valence-corrected chi connectivity index (χ1v) is 6.82. The molecule has 1 aliphatic carbocycles. The lowest BCUT2D eigenvalue weighted by atomic mass is 10.1. The summed E-state index contributed by atoms with van der Waals surface area (Å²) in [5, 5.41) is 18.0. The van der Waals surface area contributed by atoms with Gasteiger partial charge in [-0.05, 0) is 24.7 Å². The summed E-state index contributed by atoms with van der Waals surface area (Å²) < 4.78 is 1.26. The van der Waals surface area contributed by atoms with Crippen molar-refractivity contribution in [1.29, 1.82) is 0 Å². The molecule has 0 radical (unpaired) electrons. The van der Waals surface area contributed by atoms with Gasteiger partial charge in [0, 0.05) is 12.7 Å². The average molecular weight is 280 g/mol. The molecule has 2 atom stereocenters. The van der Waals surface area contributed by atoms with Crippen LogP contribution in [0.25, 0.3) is 0 Å². The number of nitrogens with one attached hydrogen (secondary N) is 2. The van der Waals surface area contributed by atoms with Gasteiger partial charge in [0.05, 0.1) is 11.9 Å². The van der Waals surface area contributed by atoms with Crippen LogP contribution in [0.15, 0.2) is 12.4 Å². The second kappa shape index (κ2) is 6.40. The van der Waals surface area contributed by atoms with Crippen LogP contribution < -0.4 is 10.6 Å². The molecule has 1 saturated carbocycles. The maximum atomic E-state index is 11.7. The molecule has 0 saturated heterocycles. The molecule has 7 heteroatoms. The van der Waals surface area contributed by atoms with E-state index in [1.54, 1.807) is 0 Å². The molecule has 0 bridgehead atoms. The molecular weight excluding hydrogens is 260 g/mol. The van der Waals surface area contributed by atoms with Crippen molar-refractivity contribution < 1.29 is 14.7 Å². The van der Waals surface area contributed by atoms with Gasteiger partial charge in [-0.25, -0.2) is 4.79 Å². The first kappa shape index (κ1) is 14.4. The van der Waals surface area contributed by atoms with E-state index in [0.717, 1.165) is 18.8 Å². The van der Waals surface area contributed by atoms with E-state index in [1.165, 1.54) is 23.5 Å². The lowest BCUT2D eigenvalue weighted by Gasteiger charge is -2.11. The first-order valence-electron chi connectivity index (χ1n) is 6.82. The molecule has 2 rings (SSSR count). The fourth-order valence-corrected chi connectivity index (χ4v) is 2.58. The molecule has 20 heavy (non-hydrogen) atoms. The smallest absolute Gasteiger partial charge is 0.325 e. The van der Waals surface area contributed by atoms with Crippen LogP contribution in [0.3, 0.4) is 0 Å². The molecule has 0 aliphatic heterocycles. The molecule has 1 heterocycles. The lowest BCUT2D eigenvalue weighted by Crippen LogP contribution is -2.32. The number of rotatable bonds is 5. The molecule has 1 fully saturated rings. The second-order valence-corrected chi connectivity index (χ2v) is 5.44. The van der Waals surface area contributed by atoms with Crippen molar-refractivity contribution in [3.63, 3.8) is 0 Å². The number of carbonyl (C=O) groups is 2. The Morgan fingerprint density at radius 3 is 2.95 bits per heavy atom. The highest BCUT2D eigenvalue weighted by atomic mass is 16.4. The summed E-state index contributed by atoms with van der Waals surface area (Å²) in [5.74, 6) is 0.337. The van der Waals surface area contributed by atoms with Crippen molar-refractivity contribution in [2.45, 2.75) is 32.7 Å². The number of nitrogens with zero attached hydrogens (tertiary/aromatic N) is 2. The number of urea groups is 1. The zero-order valence-corrected chi connectivity index (χ0v) is 11.5. The van der Waals surface area contributed by atoms with Crippen LogP contribution in [-0.4, -0.2) is 33.4 Å². The van der Waals surface area contributed by atoms with Crippen LogP contribution in [0.4, 0.5) is 10.5 Å². The summed E-state index contributed by atoms with van der Waals surface area (Å²) in [5.41, 5.74) is 0.489. The highest BCUT2D eigenvalue weighted by Gasteiger charge is 2.21. The molecule has 7 nitrogen and oxygen atoms in total. The van der Waals surface area contributed by atoms with Gasteiger partial charge in [-0.3, -0.25) is 9.48 Å². The van der Waals surface area contributed by atoms with Crippen molar-refractivity contribution in [3.8, 4) is 0 Å². The number of aromatic nitrogens is 2. The molecule has 2 unspecified atom stereocenters. The van der Waals surface area contributed by atoms with Crippen LogP contribution in [0.1, 0.15) is 26.2 Å². The van der Waals surface area contributed by atoms with E-state index in [2.05, 4.69) is 22.7 Å². The Hall–Kier alpha value is -2.05. The molecule has 1 aromatic rings. The van der Waals surface area contributed by atoms with Gasteiger partial charge in [0.15, 0.2) is 0 Å². The van der Waals surface area contributed by atoms with Crippen LogP contribution in [0.2, 0.25) is 0 Å². The van der Waals surface area contributed by atoms with Gasteiger partial charge in [0.25, 0.3) is 0 Å². The van der Waals surface area contributed by atoms with Gasteiger partial charge < -0.3 is 15.7 Å². The van der Waals surface area contributed by atoms with Gasteiger partial charge in [0.1, 0.15) is 6.54 Å². The summed E-state index contributed by atoms with van der Waals surface area (Å²) in [7, 11) is 0. The van der Waals surface area contributed by atoms with Gasteiger partial charge in [-0.1, -0.05) is 13.3 Å². The topological polar surface area (TPSA) is 96.3 Å². The van der Waals surface area contributed by atoms with Gasteiger partial charge in [0.2, 0.25) is 0 Å². The van der Waals surface area contributed by atoms with Crippen LogP contribution in [-0.2, 0) is 11.3 Å². The fraction of sp³-hybridized carbons (Fsp3) is 0.615. The number of amides is 2. The number of carboxylic acids is 1. The summed E-state index contributed by atoms with van der Waals surface area (Å²) in [6.07, 6.45) is 6.48. The second-order valence-electron chi connectivity index (χ2n) is 5.44. The van der Waals surface area contributed by atoms with E-state index in [4.69, 9.17) is 5.11 Å². The minimum Gasteiger partial charge on any atom is -0.480 e. The summed E-state index contributed by atoms with van der Waals surface area (Å²) in [4.78, 5) is 22.2. The molecule has 2 amide bonds. The van der Waals surface area contributed by atoms with E-state index >= 15 is 0 Å². The molecule has 1 aliphatic rings. The van der Waals surface area contributed by atoms with Gasteiger partial charge in [-0.2, -0.15) is 5.10 Å². The minimum absolute atomic E-state index is 0.219. The molecule has 1 aromatic heterocycles. The average Bonchev–Trinajstić information content (AvgIpc) is 2.95. The Labute approximate surface area is 117 Å². The quantitative estimate of drug-likeness (QED) is 0.762. The predicted molar refractivity (Wildman–Crippen MR) is 73.4 cm³/mol. The Morgan fingerprint density at radius 2 is 2.30 bits per heavy atom. The maximum Gasteiger partial charge on any atom is 0.325 e. The number of hydrogen-bond donors (Lipinski definition) is 3. The van der Waals surface area contributed by atoms with Crippen molar-refractivity contribution in [3.05, 3.63) is 12.4 Å². The number of hydrogen-bond acceptors (Lipinski definition) is 3. The van der Waals surface area contributed by atoms with Crippen LogP contribution in [0, 0.1) is 11.8 Å². The van der Waals surface area contributed by atoms with E-state index < -0.39 is 5.97 Å². The number of carboxylic acid groups (broad SMARTS) is 1. The number of carbonyl (C=O) groups excluding carboxylic acids is 1. The molecule has 3 N–H and O–H groups in total. The zero-order valence-electron chi connectivity index (χ0n) is 11.5. The minimum atomic E-state index is -0.973. The van der Waals surface area contributed by atoms with Gasteiger partial charge >= 0.3 is 12.0 Å². The Bertz CT molecular complexity index is 486. The molecule has 0 spiro atoms. The van der Waals surface area contributed by atoms with Crippen LogP contribution in [0.5, 0.6) is 0 Å². The Morgan fingerprint density at radius 1 is 1.50 bits per heavy atom. The van der Waals surface area contributed by atoms with Crippen LogP contribution >= 0.6 is 0 Å². The summed E-state index contributed by atoms with van der Waals surface area (Å²) >= 11 is 0. The lowest BCUT2D eigenvalue weighted by molar-refractivity contribution is -0.137. The highest BCUT2D eigenvalue weighted by molar-refractivity contribution is 5.88. The van der Waals surface area contributed by atoms with E-state index in [-0.39, 0.29) is 12.6 Å². The Kier molecular flexibility index (Phi) is 4.60. The third-order valence-electron chi connectivity index (χ3n) is 3.54. The summed E-state index contributed by atoms with van der Waals surface area (Å²) in [6.45, 7) is 2.69.